The lowest BCUT2D eigenvalue weighted by Crippen LogP contribution is -2.16. The van der Waals surface area contributed by atoms with E-state index >= 15 is 0 Å². The van der Waals surface area contributed by atoms with Crippen molar-refractivity contribution in [1.29, 1.82) is 5.41 Å². The lowest BCUT2D eigenvalue weighted by Gasteiger charge is -2.10. The third kappa shape index (κ3) is 4.97. The highest BCUT2D eigenvalue weighted by Crippen LogP contribution is 2.42. The maximum absolute atomic E-state index is 9.15. The van der Waals surface area contributed by atoms with Gasteiger partial charge in [-0.3, -0.25) is 5.41 Å². The Morgan fingerprint density at radius 1 is 0.482 bits per heavy atom. The molecule has 11 aromatic rings. The molecule has 0 aliphatic carbocycles. The number of aliphatic imine (C=N–C) groups is 1. The van der Waals surface area contributed by atoms with Crippen molar-refractivity contribution in [3.8, 4) is 27.9 Å². The summed E-state index contributed by atoms with van der Waals surface area (Å²) in [5.41, 5.74) is 18.7. The average Bonchev–Trinajstić information content (AvgIpc) is 3.93. The van der Waals surface area contributed by atoms with E-state index < -0.39 is 0 Å². The second-order valence-corrected chi connectivity index (χ2v) is 14.1. The summed E-state index contributed by atoms with van der Waals surface area (Å²) in [4.78, 5) is 4.71. The number of benzene rings is 8. The molecule has 264 valence electrons. The third-order valence-electron chi connectivity index (χ3n) is 10.9. The number of hydrogen-bond donors (Lipinski definition) is 2. The summed E-state index contributed by atoms with van der Waals surface area (Å²) in [5.74, 6) is 0.313. The first-order chi connectivity index (χ1) is 27.6. The summed E-state index contributed by atoms with van der Waals surface area (Å²) in [7, 11) is 0. The van der Waals surface area contributed by atoms with Gasteiger partial charge in [0, 0.05) is 49.1 Å². The molecule has 6 nitrogen and oxygen atoms in total. The molecular weight excluding hydrogens is 689 g/mol. The molecule has 0 fully saturated rings. The van der Waals surface area contributed by atoms with E-state index in [0.717, 1.165) is 77.3 Å². The largest absolute Gasteiger partial charge is 0.456 e. The molecule has 0 radical (unpaired) electrons. The van der Waals surface area contributed by atoms with Crippen LogP contribution in [0.5, 0.6) is 0 Å². The van der Waals surface area contributed by atoms with Gasteiger partial charge in [-0.25, -0.2) is 4.99 Å². The highest BCUT2D eigenvalue weighted by molar-refractivity contribution is 6.21. The van der Waals surface area contributed by atoms with Gasteiger partial charge in [0.05, 0.1) is 11.0 Å². The van der Waals surface area contributed by atoms with E-state index in [2.05, 4.69) is 114 Å². The topological polar surface area (TPSA) is 93.4 Å². The van der Waals surface area contributed by atoms with Gasteiger partial charge in [-0.05, 0) is 82.9 Å². The van der Waals surface area contributed by atoms with Crippen LogP contribution in [0.3, 0.4) is 0 Å². The molecule has 56 heavy (non-hydrogen) atoms. The van der Waals surface area contributed by atoms with Crippen LogP contribution >= 0.6 is 0 Å². The molecule has 0 saturated heterocycles. The molecule has 3 N–H and O–H groups in total. The Morgan fingerprint density at radius 3 is 1.95 bits per heavy atom. The predicted molar refractivity (Wildman–Crippen MR) is 230 cm³/mol. The average molecular weight is 721 g/mol. The Hall–Kier alpha value is -7.70. The first-order valence-corrected chi connectivity index (χ1v) is 18.6. The van der Waals surface area contributed by atoms with Gasteiger partial charge in [0.1, 0.15) is 28.2 Å². The van der Waals surface area contributed by atoms with E-state index in [0.29, 0.717) is 16.7 Å². The van der Waals surface area contributed by atoms with Crippen LogP contribution in [0.1, 0.15) is 11.1 Å². The summed E-state index contributed by atoms with van der Waals surface area (Å²) < 4.78 is 15.1. The zero-order chi connectivity index (χ0) is 37.3. The van der Waals surface area contributed by atoms with Crippen LogP contribution in [0, 0.1) is 5.41 Å². The molecule has 0 saturated carbocycles. The van der Waals surface area contributed by atoms with Crippen molar-refractivity contribution in [3.05, 3.63) is 187 Å². The molecule has 0 amide bonds. The van der Waals surface area contributed by atoms with Crippen LogP contribution in [0.25, 0.3) is 93.6 Å². The van der Waals surface area contributed by atoms with Crippen LogP contribution < -0.4 is 5.73 Å². The fraction of sp³-hybridized carbons (Fsp3) is 0. The van der Waals surface area contributed by atoms with E-state index in [4.69, 9.17) is 25.0 Å². The molecule has 0 bridgehead atoms. The number of amidine groups is 2. The summed E-state index contributed by atoms with van der Waals surface area (Å²) >= 11 is 0. The predicted octanol–water partition coefficient (Wildman–Crippen LogP) is 12.6. The molecule has 6 heteroatoms. The molecule has 0 unspecified atom stereocenters. The number of aromatic nitrogens is 1. The number of rotatable bonds is 5. The Balaban J connectivity index is 1.03. The number of nitrogens with zero attached hydrogens (tertiary/aromatic N) is 2. The minimum Gasteiger partial charge on any atom is -0.456 e. The number of fused-ring (bicyclic) bond motifs is 9. The lowest BCUT2D eigenvalue weighted by atomic mass is 9.93. The summed E-state index contributed by atoms with van der Waals surface area (Å²) in [6.07, 6.45) is 0. The number of furan rings is 2. The monoisotopic (exact) mass is 720 g/mol. The van der Waals surface area contributed by atoms with Crippen LogP contribution in [0.4, 0.5) is 0 Å². The minimum atomic E-state index is 0.0718. The Kier molecular flexibility index (Phi) is 7.06. The molecule has 3 aromatic heterocycles. The first-order valence-electron chi connectivity index (χ1n) is 18.6. The van der Waals surface area contributed by atoms with Crippen molar-refractivity contribution < 1.29 is 8.83 Å². The van der Waals surface area contributed by atoms with Gasteiger partial charge in [-0.1, -0.05) is 115 Å². The fourth-order valence-corrected chi connectivity index (χ4v) is 8.33. The molecule has 11 rings (SSSR count). The van der Waals surface area contributed by atoms with Crippen molar-refractivity contribution in [3.63, 3.8) is 0 Å². The van der Waals surface area contributed by atoms with E-state index in [1.807, 2.05) is 66.7 Å². The van der Waals surface area contributed by atoms with Gasteiger partial charge in [-0.2, -0.15) is 0 Å². The van der Waals surface area contributed by atoms with E-state index in [1.165, 1.54) is 10.8 Å². The summed E-state index contributed by atoms with van der Waals surface area (Å²) in [6.45, 7) is 0. The fourth-order valence-electron chi connectivity index (χ4n) is 8.33. The van der Waals surface area contributed by atoms with Crippen molar-refractivity contribution in [1.82, 2.24) is 4.57 Å². The summed E-state index contributed by atoms with van der Waals surface area (Å²) in [6, 6.07) is 59.8. The highest BCUT2D eigenvalue weighted by Gasteiger charge is 2.19. The number of nitrogens with two attached hydrogens (primary N) is 1. The van der Waals surface area contributed by atoms with Crippen LogP contribution in [0.15, 0.2) is 190 Å². The first kappa shape index (κ1) is 31.8. The molecule has 0 aliphatic heterocycles. The van der Waals surface area contributed by atoms with Gasteiger partial charge >= 0.3 is 0 Å². The van der Waals surface area contributed by atoms with Crippen LogP contribution in [-0.4, -0.2) is 16.2 Å². The van der Waals surface area contributed by atoms with Crippen molar-refractivity contribution in [2.75, 3.05) is 0 Å². The van der Waals surface area contributed by atoms with Gasteiger partial charge in [0.25, 0.3) is 0 Å². The number of nitrogens with one attached hydrogen (secondary N) is 1. The van der Waals surface area contributed by atoms with Gasteiger partial charge in [0.15, 0.2) is 5.84 Å². The standard InChI is InChI=1S/C50H32N4O2/c51-49(32-14-10-15-34(26-32)54-41-20-7-4-16-35(41)36-17-5-8-21-42(36)54)53-50(52)38-19-11-23-45-48(38)40-27-31(24-25-44(40)55-45)39-28-33(30-12-2-1-3-13-30)29-46-47(39)37-18-6-9-22-43(37)56-46/h1-29H,(H3,51,52,53). The second-order valence-electron chi connectivity index (χ2n) is 14.1. The maximum atomic E-state index is 9.15. The van der Waals surface area contributed by atoms with Crippen LogP contribution in [-0.2, 0) is 0 Å². The molecule has 8 aromatic carbocycles. The Morgan fingerprint density at radius 2 is 1.14 bits per heavy atom. The molecule has 0 atom stereocenters. The van der Waals surface area contributed by atoms with Gasteiger partial charge in [-0.15, -0.1) is 0 Å². The molecular formula is C50H32N4O2. The van der Waals surface area contributed by atoms with Gasteiger partial charge in [0.2, 0.25) is 0 Å². The highest BCUT2D eigenvalue weighted by atomic mass is 16.3. The molecule has 3 heterocycles. The SMILES string of the molecule is N=C(N=C(N)c1cccc2oc3ccc(-c4cc(-c5ccccc5)cc5oc6ccccc6c45)cc3c12)c1cccc(-n2c3ccccc3c3ccccc32)c1. The maximum Gasteiger partial charge on any atom is 0.154 e. The lowest BCUT2D eigenvalue weighted by molar-refractivity contribution is 0.669. The van der Waals surface area contributed by atoms with Crippen molar-refractivity contribution in [2.45, 2.75) is 0 Å². The van der Waals surface area contributed by atoms with E-state index in [9.17, 15) is 0 Å². The summed E-state index contributed by atoms with van der Waals surface area (Å²) in [5, 5.41) is 15.4. The van der Waals surface area contributed by atoms with Crippen molar-refractivity contribution >= 4 is 77.4 Å². The third-order valence-corrected chi connectivity index (χ3v) is 10.9. The van der Waals surface area contributed by atoms with E-state index in [1.54, 1.807) is 0 Å². The number of hydrogen-bond acceptors (Lipinski definition) is 3. The van der Waals surface area contributed by atoms with Gasteiger partial charge < -0.3 is 19.1 Å². The second kappa shape index (κ2) is 12.4. The zero-order valence-electron chi connectivity index (χ0n) is 30.0. The smallest absolute Gasteiger partial charge is 0.154 e. The minimum absolute atomic E-state index is 0.0718. The zero-order valence-corrected chi connectivity index (χ0v) is 30.0. The van der Waals surface area contributed by atoms with Crippen LogP contribution in [0.2, 0.25) is 0 Å². The Labute approximate surface area is 320 Å². The normalized spacial score (nSPS) is 12.2. The Bertz CT molecular complexity index is 3350. The molecule has 0 spiro atoms. The van der Waals surface area contributed by atoms with E-state index in [-0.39, 0.29) is 11.7 Å². The number of para-hydroxylation sites is 3. The van der Waals surface area contributed by atoms with Crippen molar-refractivity contribution in [2.24, 2.45) is 10.7 Å². The quantitative estimate of drug-likeness (QED) is 0.137. The molecule has 0 aliphatic rings.